The van der Waals surface area contributed by atoms with Gasteiger partial charge in [0.25, 0.3) is 0 Å². The van der Waals surface area contributed by atoms with Gasteiger partial charge in [-0.25, -0.2) is 4.79 Å². The summed E-state index contributed by atoms with van der Waals surface area (Å²) in [7, 11) is 0. The molecule has 27 heavy (non-hydrogen) atoms. The van der Waals surface area contributed by atoms with Gasteiger partial charge in [0.15, 0.2) is 0 Å². The van der Waals surface area contributed by atoms with Crippen LogP contribution >= 0.6 is 0 Å². The Morgan fingerprint density at radius 2 is 1.70 bits per heavy atom. The summed E-state index contributed by atoms with van der Waals surface area (Å²) in [4.78, 5) is 14.1. The molecule has 5 heteroatoms. The third-order valence-electron chi connectivity index (χ3n) is 5.07. The molecule has 1 amide bonds. The Kier molecular flexibility index (Phi) is 7.25. The molecule has 1 unspecified atom stereocenters. The molecular weight excluding hydrogens is 340 g/mol. The topological polar surface area (TPSA) is 61.8 Å². The van der Waals surface area contributed by atoms with E-state index in [2.05, 4.69) is 10.2 Å². The fraction of sp³-hybridized carbons (Fsp3) is 0.409. The van der Waals surface area contributed by atoms with E-state index in [1.807, 2.05) is 60.7 Å². The number of hydrogen-bond acceptors (Lipinski definition) is 4. The molecule has 2 aromatic carbocycles. The predicted octanol–water partition coefficient (Wildman–Crippen LogP) is 3.36. The maximum Gasteiger partial charge on any atom is 0.407 e. The molecule has 0 radical (unpaired) electrons. The zero-order valence-electron chi connectivity index (χ0n) is 15.6. The first-order chi connectivity index (χ1) is 13.2. The van der Waals surface area contributed by atoms with Crippen molar-refractivity contribution in [3.63, 3.8) is 0 Å². The van der Waals surface area contributed by atoms with Gasteiger partial charge in [-0.2, -0.15) is 0 Å². The second-order valence-corrected chi connectivity index (χ2v) is 7.11. The van der Waals surface area contributed by atoms with Crippen LogP contribution in [0.3, 0.4) is 0 Å². The van der Waals surface area contributed by atoms with Crippen LogP contribution in [0.5, 0.6) is 0 Å². The number of nitrogens with one attached hydrogen (secondary N) is 1. The highest BCUT2D eigenvalue weighted by atomic mass is 16.5. The Hall–Kier alpha value is -2.37. The summed E-state index contributed by atoms with van der Waals surface area (Å²) in [6.07, 6.45) is 1.22. The number of aliphatic hydroxyl groups is 1. The van der Waals surface area contributed by atoms with E-state index in [1.165, 1.54) is 0 Å². The molecule has 1 fully saturated rings. The van der Waals surface area contributed by atoms with Crippen LogP contribution in [-0.2, 0) is 11.3 Å². The van der Waals surface area contributed by atoms with Gasteiger partial charge in [-0.15, -0.1) is 0 Å². The average Bonchev–Trinajstić information content (AvgIpc) is 2.73. The van der Waals surface area contributed by atoms with Gasteiger partial charge in [0.1, 0.15) is 6.61 Å². The van der Waals surface area contributed by atoms with Gasteiger partial charge in [-0.1, -0.05) is 60.7 Å². The van der Waals surface area contributed by atoms with Crippen LogP contribution in [0.1, 0.15) is 30.1 Å². The monoisotopic (exact) mass is 368 g/mol. The molecule has 0 bridgehead atoms. The number of carbonyl (C=O) groups is 1. The lowest BCUT2D eigenvalue weighted by atomic mass is 9.96. The van der Waals surface area contributed by atoms with E-state index >= 15 is 0 Å². The summed E-state index contributed by atoms with van der Waals surface area (Å²) < 4.78 is 5.25. The van der Waals surface area contributed by atoms with E-state index in [-0.39, 0.29) is 6.09 Å². The van der Waals surface area contributed by atoms with Gasteiger partial charge in [0.2, 0.25) is 0 Å². The highest BCUT2D eigenvalue weighted by molar-refractivity contribution is 5.67. The summed E-state index contributed by atoms with van der Waals surface area (Å²) in [6.45, 7) is 3.47. The van der Waals surface area contributed by atoms with Gasteiger partial charge in [0, 0.05) is 13.1 Å². The van der Waals surface area contributed by atoms with Gasteiger partial charge >= 0.3 is 6.09 Å². The van der Waals surface area contributed by atoms with Gasteiger partial charge < -0.3 is 20.1 Å². The van der Waals surface area contributed by atoms with E-state index in [0.717, 1.165) is 37.1 Å². The van der Waals surface area contributed by atoms with Gasteiger partial charge in [-0.3, -0.25) is 0 Å². The molecule has 1 saturated heterocycles. The minimum absolute atomic E-state index is 0.294. The molecular formula is C22H28N2O3. The maximum atomic E-state index is 11.8. The first-order valence-electron chi connectivity index (χ1n) is 9.60. The first-order valence-corrected chi connectivity index (χ1v) is 9.60. The van der Waals surface area contributed by atoms with Crippen LogP contribution in [0.4, 0.5) is 4.79 Å². The van der Waals surface area contributed by atoms with E-state index in [4.69, 9.17) is 4.74 Å². The average molecular weight is 368 g/mol. The summed E-state index contributed by atoms with van der Waals surface area (Å²) in [5.41, 5.74) is 1.94. The highest BCUT2D eigenvalue weighted by Gasteiger charge is 2.22. The summed E-state index contributed by atoms with van der Waals surface area (Å²) in [5.74, 6) is 0.458. The largest absolute Gasteiger partial charge is 0.445 e. The van der Waals surface area contributed by atoms with E-state index < -0.39 is 6.10 Å². The summed E-state index contributed by atoms with van der Waals surface area (Å²) >= 11 is 0. The number of benzene rings is 2. The SMILES string of the molecule is O=C(NCC1CCN(CC(O)c2ccccc2)CC1)OCc1ccccc1. The fourth-order valence-corrected chi connectivity index (χ4v) is 3.40. The second kappa shape index (κ2) is 10.1. The Labute approximate surface area is 161 Å². The van der Waals surface area contributed by atoms with Crippen LogP contribution in [0.2, 0.25) is 0 Å². The van der Waals surface area contributed by atoms with Crippen molar-refractivity contribution in [1.29, 1.82) is 0 Å². The van der Waals surface area contributed by atoms with Crippen molar-refractivity contribution >= 4 is 6.09 Å². The molecule has 2 N–H and O–H groups in total. The van der Waals surface area contributed by atoms with Crippen LogP contribution in [0.15, 0.2) is 60.7 Å². The number of carbonyl (C=O) groups excluding carboxylic acids is 1. The van der Waals surface area contributed by atoms with Crippen LogP contribution in [0, 0.1) is 5.92 Å². The second-order valence-electron chi connectivity index (χ2n) is 7.11. The number of rotatable bonds is 7. The molecule has 1 aliphatic heterocycles. The minimum atomic E-state index is -0.450. The number of ether oxygens (including phenoxy) is 1. The van der Waals surface area contributed by atoms with Crippen LogP contribution in [0.25, 0.3) is 0 Å². The quantitative estimate of drug-likeness (QED) is 0.787. The molecule has 0 aromatic heterocycles. The minimum Gasteiger partial charge on any atom is -0.445 e. The molecule has 1 aliphatic rings. The molecule has 144 valence electrons. The van der Waals surface area contributed by atoms with Crippen molar-refractivity contribution < 1.29 is 14.6 Å². The Bertz CT molecular complexity index is 685. The lowest BCUT2D eigenvalue weighted by Gasteiger charge is -2.33. The third kappa shape index (κ3) is 6.38. The highest BCUT2D eigenvalue weighted by Crippen LogP contribution is 2.20. The lowest BCUT2D eigenvalue weighted by Crippen LogP contribution is -2.40. The number of nitrogens with zero attached hydrogens (tertiary/aromatic N) is 1. The maximum absolute atomic E-state index is 11.8. The molecule has 5 nitrogen and oxygen atoms in total. The Morgan fingerprint density at radius 3 is 2.37 bits per heavy atom. The number of amides is 1. The third-order valence-corrected chi connectivity index (χ3v) is 5.07. The molecule has 1 heterocycles. The Morgan fingerprint density at radius 1 is 1.07 bits per heavy atom. The van der Waals surface area contributed by atoms with Crippen molar-refractivity contribution in [2.24, 2.45) is 5.92 Å². The number of hydrogen-bond donors (Lipinski definition) is 2. The standard InChI is InChI=1S/C22H28N2O3/c25-21(20-9-5-2-6-10-20)16-24-13-11-18(12-14-24)15-23-22(26)27-17-19-7-3-1-4-8-19/h1-10,18,21,25H,11-17H2,(H,23,26). The van der Waals surface area contributed by atoms with Gasteiger partial charge in [0.05, 0.1) is 6.10 Å². The molecule has 0 saturated carbocycles. The van der Waals surface area contributed by atoms with E-state index in [9.17, 15) is 9.90 Å². The number of β-amino-alcohol motifs (C(OH)–C–C–N with tert-alkyl or cyclic N) is 1. The number of aliphatic hydroxyl groups excluding tert-OH is 1. The summed E-state index contributed by atoms with van der Waals surface area (Å²) in [6, 6.07) is 19.5. The lowest BCUT2D eigenvalue weighted by molar-refractivity contribution is 0.0880. The number of likely N-dealkylation sites (tertiary alicyclic amines) is 1. The fourth-order valence-electron chi connectivity index (χ4n) is 3.40. The van der Waals surface area contributed by atoms with E-state index in [0.29, 0.717) is 25.6 Å². The van der Waals surface area contributed by atoms with Crippen LogP contribution < -0.4 is 5.32 Å². The van der Waals surface area contributed by atoms with Crippen molar-refractivity contribution in [1.82, 2.24) is 10.2 Å². The number of alkyl carbamates (subject to hydrolysis) is 1. The molecule has 0 spiro atoms. The van der Waals surface area contributed by atoms with Gasteiger partial charge in [-0.05, 0) is 43.0 Å². The first kappa shape index (κ1) is 19.4. The van der Waals surface area contributed by atoms with Crippen molar-refractivity contribution in [3.8, 4) is 0 Å². The van der Waals surface area contributed by atoms with Crippen molar-refractivity contribution in [3.05, 3.63) is 71.8 Å². The van der Waals surface area contributed by atoms with Crippen molar-refractivity contribution in [2.75, 3.05) is 26.2 Å². The smallest absolute Gasteiger partial charge is 0.407 e. The normalized spacial score (nSPS) is 16.6. The van der Waals surface area contributed by atoms with Crippen molar-refractivity contribution in [2.45, 2.75) is 25.6 Å². The Balaban J connectivity index is 1.32. The molecule has 0 aliphatic carbocycles. The predicted molar refractivity (Wildman–Crippen MR) is 105 cm³/mol. The number of piperidine rings is 1. The molecule has 1 atom stereocenters. The van der Waals surface area contributed by atoms with E-state index in [1.54, 1.807) is 0 Å². The summed E-state index contributed by atoms with van der Waals surface area (Å²) in [5, 5.41) is 13.2. The zero-order chi connectivity index (χ0) is 18.9. The molecule has 3 rings (SSSR count). The zero-order valence-corrected chi connectivity index (χ0v) is 15.6. The van der Waals surface area contributed by atoms with Crippen LogP contribution in [-0.4, -0.2) is 42.3 Å². The molecule has 2 aromatic rings.